The van der Waals surface area contributed by atoms with E-state index >= 15 is 0 Å². The fourth-order valence-corrected chi connectivity index (χ4v) is 3.01. The Morgan fingerprint density at radius 3 is 2.90 bits per heavy atom. The Morgan fingerprint density at radius 1 is 1.40 bits per heavy atom. The largest absolute Gasteiger partial charge is 0.305 e. The van der Waals surface area contributed by atoms with Gasteiger partial charge >= 0.3 is 0 Å². The zero-order valence-electron chi connectivity index (χ0n) is 11.4. The molecule has 0 saturated carbocycles. The minimum atomic E-state index is -0.302. The third-order valence-electron chi connectivity index (χ3n) is 3.19. The molecule has 1 aromatic carbocycles. The first kappa shape index (κ1) is 14.7. The second-order valence-electron chi connectivity index (χ2n) is 4.65. The van der Waals surface area contributed by atoms with Crippen molar-refractivity contribution in [1.29, 1.82) is 5.26 Å². The van der Waals surface area contributed by atoms with Crippen LogP contribution >= 0.6 is 11.3 Å². The zero-order valence-corrected chi connectivity index (χ0v) is 12.2. The second-order valence-corrected chi connectivity index (χ2v) is 5.63. The molecule has 1 aromatic heterocycles. The van der Waals surface area contributed by atoms with E-state index in [0.717, 1.165) is 12.8 Å². The Labute approximate surface area is 122 Å². The van der Waals surface area contributed by atoms with Crippen LogP contribution in [0.1, 0.15) is 41.8 Å². The highest BCUT2D eigenvalue weighted by molar-refractivity contribution is 7.10. The number of hydrogen-bond acceptors (Lipinski definition) is 3. The minimum absolute atomic E-state index is 0.259. The van der Waals surface area contributed by atoms with Crippen LogP contribution in [0.3, 0.4) is 0 Å². The summed E-state index contributed by atoms with van der Waals surface area (Å²) >= 11 is 1.72. The summed E-state index contributed by atoms with van der Waals surface area (Å²) in [6.45, 7) is 2.65. The Balaban J connectivity index is 2.10. The lowest BCUT2D eigenvalue weighted by molar-refractivity contribution is 0.499. The van der Waals surface area contributed by atoms with Crippen LogP contribution in [0.25, 0.3) is 0 Å². The molecule has 1 atom stereocenters. The molecule has 0 aliphatic rings. The molecule has 2 nitrogen and oxygen atoms in total. The number of hydrogen-bond donors (Lipinski definition) is 1. The molecule has 1 N–H and O–H groups in total. The van der Waals surface area contributed by atoms with Crippen LogP contribution in [0.15, 0.2) is 35.7 Å². The van der Waals surface area contributed by atoms with Crippen molar-refractivity contribution in [3.8, 4) is 6.07 Å². The second kappa shape index (κ2) is 7.18. The molecule has 0 bridgehead atoms. The summed E-state index contributed by atoms with van der Waals surface area (Å²) in [7, 11) is 0. The van der Waals surface area contributed by atoms with Gasteiger partial charge in [-0.2, -0.15) is 5.26 Å². The predicted octanol–water partition coefficient (Wildman–Crippen LogP) is 4.39. The summed E-state index contributed by atoms with van der Waals surface area (Å²) < 4.78 is 13.3. The van der Waals surface area contributed by atoms with Crippen molar-refractivity contribution in [1.82, 2.24) is 5.32 Å². The van der Waals surface area contributed by atoms with Gasteiger partial charge in [-0.05, 0) is 41.6 Å². The minimum Gasteiger partial charge on any atom is -0.305 e. The van der Waals surface area contributed by atoms with Crippen molar-refractivity contribution < 1.29 is 4.39 Å². The van der Waals surface area contributed by atoms with Crippen LogP contribution in [-0.2, 0) is 6.54 Å². The van der Waals surface area contributed by atoms with Crippen LogP contribution in [0, 0.1) is 17.1 Å². The quantitative estimate of drug-likeness (QED) is 0.855. The van der Waals surface area contributed by atoms with Crippen LogP contribution < -0.4 is 5.32 Å². The average molecular weight is 288 g/mol. The Hall–Kier alpha value is -1.70. The molecule has 0 fully saturated rings. The summed E-state index contributed by atoms with van der Waals surface area (Å²) in [4.78, 5) is 1.28. The van der Waals surface area contributed by atoms with E-state index in [9.17, 15) is 4.39 Å². The fraction of sp³-hybridized carbons (Fsp3) is 0.312. The van der Waals surface area contributed by atoms with Gasteiger partial charge in [0.15, 0.2) is 0 Å². The van der Waals surface area contributed by atoms with Gasteiger partial charge < -0.3 is 5.32 Å². The highest BCUT2D eigenvalue weighted by Gasteiger charge is 2.12. The SMILES string of the molecule is CCCC(NCc1cc(F)ccc1C#N)c1cccs1. The van der Waals surface area contributed by atoms with Crippen molar-refractivity contribution in [2.75, 3.05) is 0 Å². The number of thiophene rings is 1. The number of halogens is 1. The van der Waals surface area contributed by atoms with Gasteiger partial charge in [-0.1, -0.05) is 19.4 Å². The fourth-order valence-electron chi connectivity index (χ4n) is 2.17. The topological polar surface area (TPSA) is 35.8 Å². The van der Waals surface area contributed by atoms with Crippen molar-refractivity contribution in [3.63, 3.8) is 0 Å². The lowest BCUT2D eigenvalue weighted by Gasteiger charge is -2.17. The molecule has 0 aliphatic heterocycles. The van der Waals surface area contributed by atoms with Crippen LogP contribution in [-0.4, -0.2) is 0 Å². The molecule has 0 amide bonds. The number of rotatable bonds is 6. The summed E-state index contributed by atoms with van der Waals surface area (Å²) in [5.74, 6) is -0.302. The Morgan fingerprint density at radius 2 is 2.25 bits per heavy atom. The van der Waals surface area contributed by atoms with E-state index in [1.54, 1.807) is 11.3 Å². The van der Waals surface area contributed by atoms with E-state index in [-0.39, 0.29) is 11.9 Å². The van der Waals surface area contributed by atoms with Crippen molar-refractivity contribution in [3.05, 3.63) is 57.5 Å². The lowest BCUT2D eigenvalue weighted by atomic mass is 10.1. The normalized spacial score (nSPS) is 12.1. The number of nitrogens with zero attached hydrogens (tertiary/aromatic N) is 1. The maximum Gasteiger partial charge on any atom is 0.123 e. The molecular formula is C16H17FN2S. The maximum absolute atomic E-state index is 13.3. The Bertz CT molecular complexity index is 587. The van der Waals surface area contributed by atoms with Crippen LogP contribution in [0.2, 0.25) is 0 Å². The molecule has 1 heterocycles. The molecule has 1 unspecified atom stereocenters. The predicted molar refractivity (Wildman–Crippen MR) is 79.9 cm³/mol. The first-order chi connectivity index (χ1) is 9.74. The first-order valence-electron chi connectivity index (χ1n) is 6.70. The smallest absolute Gasteiger partial charge is 0.123 e. The van der Waals surface area contributed by atoms with E-state index in [1.807, 2.05) is 6.07 Å². The van der Waals surface area contributed by atoms with Gasteiger partial charge in [-0.3, -0.25) is 0 Å². The van der Waals surface area contributed by atoms with Crippen molar-refractivity contribution >= 4 is 11.3 Å². The number of nitrogens with one attached hydrogen (secondary N) is 1. The van der Waals surface area contributed by atoms with Gasteiger partial charge in [-0.25, -0.2) is 4.39 Å². The molecule has 0 radical (unpaired) electrons. The molecule has 0 aliphatic carbocycles. The molecule has 2 aromatic rings. The summed E-state index contributed by atoms with van der Waals surface area (Å²) in [5.41, 5.74) is 1.24. The lowest BCUT2D eigenvalue weighted by Crippen LogP contribution is -2.20. The van der Waals surface area contributed by atoms with Gasteiger partial charge in [0, 0.05) is 17.5 Å². The average Bonchev–Trinajstić information content (AvgIpc) is 2.97. The summed E-state index contributed by atoms with van der Waals surface area (Å²) in [5, 5.41) is 14.6. The van der Waals surface area contributed by atoms with E-state index in [0.29, 0.717) is 17.7 Å². The van der Waals surface area contributed by atoms with Gasteiger partial charge in [0.1, 0.15) is 5.82 Å². The van der Waals surface area contributed by atoms with Gasteiger partial charge in [0.05, 0.1) is 11.6 Å². The van der Waals surface area contributed by atoms with E-state index in [2.05, 4.69) is 29.8 Å². The molecule has 0 spiro atoms. The zero-order chi connectivity index (χ0) is 14.4. The summed E-state index contributed by atoms with van der Waals surface area (Å²) in [6.07, 6.45) is 2.10. The van der Waals surface area contributed by atoms with Gasteiger partial charge in [-0.15, -0.1) is 11.3 Å². The first-order valence-corrected chi connectivity index (χ1v) is 7.58. The monoisotopic (exact) mass is 288 g/mol. The van der Waals surface area contributed by atoms with E-state index in [4.69, 9.17) is 5.26 Å². The third kappa shape index (κ3) is 3.66. The van der Waals surface area contributed by atoms with E-state index < -0.39 is 0 Å². The standard InChI is InChI=1S/C16H17FN2S/c1-2-4-15(16-5-3-8-20-16)19-11-13-9-14(17)7-6-12(13)10-18/h3,5-9,15,19H,2,4,11H2,1H3. The van der Waals surface area contributed by atoms with Crippen molar-refractivity contribution in [2.24, 2.45) is 0 Å². The molecular weight excluding hydrogens is 271 g/mol. The third-order valence-corrected chi connectivity index (χ3v) is 4.18. The number of nitriles is 1. The van der Waals surface area contributed by atoms with Crippen LogP contribution in [0.5, 0.6) is 0 Å². The number of benzene rings is 1. The molecule has 2 rings (SSSR count). The highest BCUT2D eigenvalue weighted by atomic mass is 32.1. The molecule has 4 heteroatoms. The maximum atomic E-state index is 13.3. The van der Waals surface area contributed by atoms with Crippen LogP contribution in [0.4, 0.5) is 4.39 Å². The molecule has 104 valence electrons. The molecule has 20 heavy (non-hydrogen) atoms. The van der Waals surface area contributed by atoms with Gasteiger partial charge in [0.2, 0.25) is 0 Å². The molecule has 0 saturated heterocycles. The Kier molecular flexibility index (Phi) is 5.28. The summed E-state index contributed by atoms with van der Waals surface area (Å²) in [6, 6.07) is 10.8. The highest BCUT2D eigenvalue weighted by Crippen LogP contribution is 2.24. The van der Waals surface area contributed by atoms with Gasteiger partial charge in [0.25, 0.3) is 0 Å². The van der Waals surface area contributed by atoms with Crippen molar-refractivity contribution in [2.45, 2.75) is 32.4 Å². The van der Waals surface area contributed by atoms with E-state index in [1.165, 1.54) is 23.1 Å².